The third kappa shape index (κ3) is 4.16. The Morgan fingerprint density at radius 2 is 1.76 bits per heavy atom. The standard InChI is InChI=1S/C16H26O/c1-4-9-14(3)13-16(17,12-5-2)15-10-7-6-8-11-15/h6-8,10-11,14,17H,4-5,9,12-13H2,1-3H3. The average molecular weight is 234 g/mol. The number of benzene rings is 1. The normalized spacial score (nSPS) is 16.5. The van der Waals surface area contributed by atoms with Gasteiger partial charge in [-0.05, 0) is 24.3 Å². The predicted octanol–water partition coefficient (Wildman–Crippen LogP) is 4.50. The lowest BCUT2D eigenvalue weighted by Crippen LogP contribution is -2.28. The van der Waals surface area contributed by atoms with Crippen LogP contribution in [-0.4, -0.2) is 5.11 Å². The zero-order valence-electron chi connectivity index (χ0n) is 11.4. The number of rotatable bonds is 7. The van der Waals surface area contributed by atoms with Crippen molar-refractivity contribution >= 4 is 0 Å². The van der Waals surface area contributed by atoms with E-state index in [9.17, 15) is 5.11 Å². The van der Waals surface area contributed by atoms with Crippen molar-refractivity contribution in [3.8, 4) is 0 Å². The van der Waals surface area contributed by atoms with Gasteiger partial charge >= 0.3 is 0 Å². The summed E-state index contributed by atoms with van der Waals surface area (Å²) in [4.78, 5) is 0. The molecule has 1 N–H and O–H groups in total. The molecule has 1 aromatic carbocycles. The van der Waals surface area contributed by atoms with Gasteiger partial charge in [0.2, 0.25) is 0 Å². The summed E-state index contributed by atoms with van der Waals surface area (Å²) in [6, 6.07) is 10.1. The highest BCUT2D eigenvalue weighted by Gasteiger charge is 2.29. The largest absolute Gasteiger partial charge is 0.385 e. The van der Waals surface area contributed by atoms with Gasteiger partial charge in [0, 0.05) is 0 Å². The van der Waals surface area contributed by atoms with E-state index in [1.54, 1.807) is 0 Å². The first kappa shape index (κ1) is 14.2. The van der Waals surface area contributed by atoms with E-state index >= 15 is 0 Å². The van der Waals surface area contributed by atoms with Crippen molar-refractivity contribution in [1.29, 1.82) is 0 Å². The Labute approximate surface area is 106 Å². The minimum Gasteiger partial charge on any atom is -0.385 e. The highest BCUT2D eigenvalue weighted by molar-refractivity contribution is 5.22. The predicted molar refractivity (Wildman–Crippen MR) is 73.9 cm³/mol. The molecule has 0 fully saturated rings. The first-order valence-electron chi connectivity index (χ1n) is 6.90. The molecule has 0 radical (unpaired) electrons. The number of aliphatic hydroxyl groups is 1. The molecule has 1 nitrogen and oxygen atoms in total. The van der Waals surface area contributed by atoms with Gasteiger partial charge in [-0.15, -0.1) is 0 Å². The summed E-state index contributed by atoms with van der Waals surface area (Å²) in [7, 11) is 0. The van der Waals surface area contributed by atoms with Crippen molar-refractivity contribution in [3.63, 3.8) is 0 Å². The zero-order chi connectivity index (χ0) is 12.7. The van der Waals surface area contributed by atoms with E-state index in [0.717, 1.165) is 24.8 Å². The van der Waals surface area contributed by atoms with Gasteiger partial charge in [0.25, 0.3) is 0 Å². The van der Waals surface area contributed by atoms with Crippen molar-refractivity contribution < 1.29 is 5.11 Å². The first-order valence-corrected chi connectivity index (χ1v) is 6.90. The minimum absolute atomic E-state index is 0.580. The van der Waals surface area contributed by atoms with Gasteiger partial charge in [0.05, 0.1) is 5.60 Å². The van der Waals surface area contributed by atoms with Crippen LogP contribution in [0.25, 0.3) is 0 Å². The Bertz CT molecular complexity index is 307. The SMILES string of the molecule is CCCC(C)CC(O)(CCC)c1ccccc1. The van der Waals surface area contributed by atoms with Crippen molar-refractivity contribution in [2.45, 2.75) is 58.5 Å². The fraction of sp³-hybridized carbons (Fsp3) is 0.625. The van der Waals surface area contributed by atoms with Gasteiger partial charge in [-0.1, -0.05) is 70.4 Å². The van der Waals surface area contributed by atoms with Crippen LogP contribution in [-0.2, 0) is 5.60 Å². The second-order valence-electron chi connectivity index (χ2n) is 5.25. The van der Waals surface area contributed by atoms with Crippen molar-refractivity contribution in [2.24, 2.45) is 5.92 Å². The summed E-state index contributed by atoms with van der Waals surface area (Å²) in [5, 5.41) is 10.9. The van der Waals surface area contributed by atoms with Crippen LogP contribution in [0, 0.1) is 5.92 Å². The maximum absolute atomic E-state index is 10.9. The fourth-order valence-corrected chi connectivity index (χ4v) is 2.70. The molecular weight excluding hydrogens is 208 g/mol. The molecule has 0 saturated heterocycles. The van der Waals surface area contributed by atoms with Crippen LogP contribution >= 0.6 is 0 Å². The highest BCUT2D eigenvalue weighted by atomic mass is 16.3. The fourth-order valence-electron chi connectivity index (χ4n) is 2.70. The maximum Gasteiger partial charge on any atom is 0.0899 e. The Kier molecular flexibility index (Phi) is 5.70. The second kappa shape index (κ2) is 6.80. The summed E-state index contributed by atoms with van der Waals surface area (Å²) in [5.74, 6) is 0.580. The summed E-state index contributed by atoms with van der Waals surface area (Å²) >= 11 is 0. The molecule has 1 aromatic rings. The summed E-state index contributed by atoms with van der Waals surface area (Å²) in [6.45, 7) is 6.59. The lowest BCUT2D eigenvalue weighted by molar-refractivity contribution is 0.00275. The first-order chi connectivity index (χ1) is 8.12. The van der Waals surface area contributed by atoms with Crippen LogP contribution in [0.5, 0.6) is 0 Å². The molecule has 0 saturated carbocycles. The smallest absolute Gasteiger partial charge is 0.0899 e. The molecule has 0 aromatic heterocycles. The van der Waals surface area contributed by atoms with Crippen molar-refractivity contribution in [1.82, 2.24) is 0 Å². The molecule has 0 bridgehead atoms. The summed E-state index contributed by atoms with van der Waals surface area (Å²) in [5.41, 5.74) is 0.440. The topological polar surface area (TPSA) is 20.2 Å². The summed E-state index contributed by atoms with van der Waals surface area (Å²) in [6.07, 6.45) is 5.13. The second-order valence-corrected chi connectivity index (χ2v) is 5.25. The minimum atomic E-state index is -0.634. The molecule has 0 amide bonds. The van der Waals surface area contributed by atoms with E-state index in [4.69, 9.17) is 0 Å². The van der Waals surface area contributed by atoms with E-state index in [2.05, 4.69) is 20.8 Å². The van der Waals surface area contributed by atoms with Crippen molar-refractivity contribution in [2.75, 3.05) is 0 Å². The van der Waals surface area contributed by atoms with E-state index in [1.807, 2.05) is 30.3 Å². The van der Waals surface area contributed by atoms with Crippen LogP contribution in [0.1, 0.15) is 58.4 Å². The quantitative estimate of drug-likeness (QED) is 0.736. The lowest BCUT2D eigenvalue weighted by atomic mass is 9.81. The molecule has 1 heteroatoms. The zero-order valence-corrected chi connectivity index (χ0v) is 11.4. The Hall–Kier alpha value is -0.820. The molecular formula is C16H26O. The lowest BCUT2D eigenvalue weighted by Gasteiger charge is -2.31. The molecule has 17 heavy (non-hydrogen) atoms. The summed E-state index contributed by atoms with van der Waals surface area (Å²) < 4.78 is 0. The average Bonchev–Trinajstić information content (AvgIpc) is 2.30. The van der Waals surface area contributed by atoms with Crippen LogP contribution in [0.4, 0.5) is 0 Å². The monoisotopic (exact) mass is 234 g/mol. The Morgan fingerprint density at radius 1 is 1.12 bits per heavy atom. The van der Waals surface area contributed by atoms with Crippen LogP contribution in [0.2, 0.25) is 0 Å². The van der Waals surface area contributed by atoms with E-state index in [1.165, 1.54) is 12.8 Å². The molecule has 96 valence electrons. The van der Waals surface area contributed by atoms with Gasteiger partial charge in [-0.25, -0.2) is 0 Å². The molecule has 2 unspecified atom stereocenters. The Balaban J connectivity index is 2.82. The van der Waals surface area contributed by atoms with E-state index in [-0.39, 0.29) is 0 Å². The molecule has 2 atom stereocenters. The molecule has 0 aliphatic rings. The molecule has 0 aliphatic carbocycles. The molecule has 0 spiro atoms. The van der Waals surface area contributed by atoms with Crippen LogP contribution < -0.4 is 0 Å². The van der Waals surface area contributed by atoms with Gasteiger partial charge < -0.3 is 5.11 Å². The van der Waals surface area contributed by atoms with Crippen LogP contribution in [0.3, 0.4) is 0 Å². The maximum atomic E-state index is 10.9. The molecule has 0 aliphatic heterocycles. The van der Waals surface area contributed by atoms with Gasteiger partial charge in [0.1, 0.15) is 0 Å². The van der Waals surface area contributed by atoms with E-state index < -0.39 is 5.60 Å². The van der Waals surface area contributed by atoms with Gasteiger partial charge in [0.15, 0.2) is 0 Å². The van der Waals surface area contributed by atoms with E-state index in [0.29, 0.717) is 5.92 Å². The Morgan fingerprint density at radius 3 is 2.29 bits per heavy atom. The molecule has 0 heterocycles. The number of hydrogen-bond acceptors (Lipinski definition) is 1. The van der Waals surface area contributed by atoms with Gasteiger partial charge in [-0.2, -0.15) is 0 Å². The number of hydrogen-bond donors (Lipinski definition) is 1. The third-order valence-electron chi connectivity index (χ3n) is 3.44. The van der Waals surface area contributed by atoms with Gasteiger partial charge in [-0.3, -0.25) is 0 Å². The van der Waals surface area contributed by atoms with Crippen molar-refractivity contribution in [3.05, 3.63) is 35.9 Å². The van der Waals surface area contributed by atoms with Crippen LogP contribution in [0.15, 0.2) is 30.3 Å². The highest BCUT2D eigenvalue weighted by Crippen LogP contribution is 2.34. The molecule has 1 rings (SSSR count). The third-order valence-corrected chi connectivity index (χ3v) is 3.44.